The van der Waals surface area contributed by atoms with Crippen LogP contribution in [0.4, 0.5) is 13.2 Å². The number of halogens is 3. The lowest BCUT2D eigenvalue weighted by atomic mass is 9.93. The van der Waals surface area contributed by atoms with Crippen molar-refractivity contribution in [1.82, 2.24) is 10.4 Å². The molecule has 1 amide bonds. The van der Waals surface area contributed by atoms with E-state index in [1.807, 2.05) is 0 Å². The molecule has 1 saturated heterocycles. The number of aliphatic carboxylic acids is 1. The Kier molecular flexibility index (Phi) is 9.73. The molecule has 0 aliphatic carbocycles. The molecule has 1 heterocycles. The highest BCUT2D eigenvalue weighted by atomic mass is 19.4. The topological polar surface area (TPSA) is 99.1 Å². The van der Waals surface area contributed by atoms with Crippen LogP contribution in [0.1, 0.15) is 43.2 Å². The van der Waals surface area contributed by atoms with Gasteiger partial charge in [0.15, 0.2) is 0 Å². The van der Waals surface area contributed by atoms with Gasteiger partial charge in [-0.15, -0.1) is 0 Å². The molecule has 10 heteroatoms. The van der Waals surface area contributed by atoms with Gasteiger partial charge in [-0.25, -0.2) is 10.2 Å². The molecule has 3 N–H and O–H groups in total. The van der Waals surface area contributed by atoms with Crippen LogP contribution in [-0.2, 0) is 26.9 Å². The van der Waals surface area contributed by atoms with Crippen molar-refractivity contribution in [3.63, 3.8) is 0 Å². The Hall–Kier alpha value is -2.17. The molecule has 2 atom stereocenters. The average molecular weight is 446 g/mol. The lowest BCUT2D eigenvalue weighted by Gasteiger charge is -2.33. The number of rotatable bonds is 12. The summed E-state index contributed by atoms with van der Waals surface area (Å²) in [5.74, 6) is -1.01. The zero-order chi connectivity index (χ0) is 22.9. The average Bonchev–Trinajstić information content (AvgIpc) is 2.69. The number of carbonyl (C=O) groups excluding carboxylic acids is 1. The molecule has 31 heavy (non-hydrogen) atoms. The molecule has 7 nitrogen and oxygen atoms in total. The first-order valence-corrected chi connectivity index (χ1v) is 10.3. The van der Waals surface area contributed by atoms with Crippen LogP contribution in [0.5, 0.6) is 0 Å². The van der Waals surface area contributed by atoms with E-state index >= 15 is 0 Å². The van der Waals surface area contributed by atoms with Gasteiger partial charge in [-0.1, -0.05) is 18.2 Å². The summed E-state index contributed by atoms with van der Waals surface area (Å²) >= 11 is 0. The first-order valence-electron chi connectivity index (χ1n) is 10.3. The minimum Gasteiger partial charge on any atom is -0.480 e. The van der Waals surface area contributed by atoms with Gasteiger partial charge >= 0.3 is 12.1 Å². The first-order chi connectivity index (χ1) is 14.6. The number of ether oxygens (including phenoxy) is 1. The van der Waals surface area contributed by atoms with Crippen molar-refractivity contribution in [2.45, 2.75) is 50.8 Å². The molecule has 0 spiro atoms. The highest BCUT2D eigenvalue weighted by Crippen LogP contribution is 2.30. The Morgan fingerprint density at radius 2 is 2.10 bits per heavy atom. The van der Waals surface area contributed by atoms with Gasteiger partial charge in [-0.05, 0) is 49.7 Å². The highest BCUT2D eigenvalue weighted by Gasteiger charge is 2.30. The molecule has 0 saturated carbocycles. The third-order valence-corrected chi connectivity index (χ3v) is 5.11. The minimum absolute atomic E-state index is 0.0462. The summed E-state index contributed by atoms with van der Waals surface area (Å²) in [5, 5.41) is 20.2. The number of hydrazine groups is 1. The van der Waals surface area contributed by atoms with Crippen molar-refractivity contribution in [3.05, 3.63) is 35.4 Å². The smallest absolute Gasteiger partial charge is 0.416 e. The maximum absolute atomic E-state index is 12.8. The first kappa shape index (κ1) is 25.1. The fraction of sp³-hybridized carbons (Fsp3) is 0.619. The van der Waals surface area contributed by atoms with E-state index in [9.17, 15) is 27.9 Å². The predicted octanol–water partition coefficient (Wildman–Crippen LogP) is 2.62. The molecule has 2 rings (SSSR count). The summed E-state index contributed by atoms with van der Waals surface area (Å²) in [5.41, 5.74) is 2.77. The van der Waals surface area contributed by atoms with Crippen LogP contribution in [0.25, 0.3) is 0 Å². The van der Waals surface area contributed by atoms with E-state index in [0.29, 0.717) is 57.4 Å². The van der Waals surface area contributed by atoms with Crippen molar-refractivity contribution >= 4 is 11.9 Å². The third kappa shape index (κ3) is 9.24. The van der Waals surface area contributed by atoms with E-state index in [1.165, 1.54) is 6.07 Å². The maximum Gasteiger partial charge on any atom is 0.416 e. The van der Waals surface area contributed by atoms with E-state index in [4.69, 9.17) is 9.84 Å². The zero-order valence-corrected chi connectivity index (χ0v) is 17.2. The largest absolute Gasteiger partial charge is 0.480 e. The number of carboxylic acids is 1. The number of nitrogens with one attached hydrogen (secondary N) is 1. The summed E-state index contributed by atoms with van der Waals surface area (Å²) in [6.07, 6.45) is -2.39. The molecule has 1 aliphatic heterocycles. The minimum atomic E-state index is -4.41. The number of benzene rings is 1. The van der Waals surface area contributed by atoms with Crippen LogP contribution in [0.15, 0.2) is 24.3 Å². The second kappa shape index (κ2) is 12.0. The van der Waals surface area contributed by atoms with Gasteiger partial charge in [0.25, 0.3) is 0 Å². The number of alkyl halides is 3. The molecule has 1 aromatic rings. The lowest BCUT2D eigenvalue weighted by molar-refractivity contribution is -0.142. The Bertz CT molecular complexity index is 729. The highest BCUT2D eigenvalue weighted by molar-refractivity contribution is 5.76. The molecule has 1 fully saturated rings. The van der Waals surface area contributed by atoms with E-state index in [1.54, 1.807) is 11.1 Å². The molecule has 1 aromatic carbocycles. The second-order valence-electron chi connectivity index (χ2n) is 7.76. The molecular weight excluding hydrogens is 417 g/mol. The summed E-state index contributed by atoms with van der Waals surface area (Å²) in [6.45, 7) is 1.07. The quantitative estimate of drug-likeness (QED) is 0.427. The van der Waals surface area contributed by atoms with Crippen LogP contribution in [0, 0.1) is 5.92 Å². The molecule has 174 valence electrons. The molecular formula is C21H29F3N2O5. The second-order valence-corrected chi connectivity index (χ2v) is 7.76. The predicted molar refractivity (Wildman–Crippen MR) is 106 cm³/mol. The van der Waals surface area contributed by atoms with Crippen molar-refractivity contribution in [1.29, 1.82) is 0 Å². The van der Waals surface area contributed by atoms with Gasteiger partial charge in [-0.2, -0.15) is 13.2 Å². The number of carbonyl (C=O) groups is 2. The Labute approximate surface area is 179 Å². The van der Waals surface area contributed by atoms with E-state index in [2.05, 4.69) is 5.43 Å². The summed E-state index contributed by atoms with van der Waals surface area (Å²) in [7, 11) is 0. The lowest BCUT2D eigenvalue weighted by Crippen LogP contribution is -2.51. The standard InChI is InChI=1S/C21H29F3N2O5/c22-21(23,24)17-5-3-4-15(10-17)11-18(27)7-6-16-12-19(28)26(25-13-16)8-1-2-9-31-14-20(29)30/h3-5,10,16,18,25,27H,1-2,6-9,11-14H2,(H,29,30). The Morgan fingerprint density at radius 1 is 1.32 bits per heavy atom. The zero-order valence-electron chi connectivity index (χ0n) is 17.2. The molecule has 0 bridgehead atoms. The summed E-state index contributed by atoms with van der Waals surface area (Å²) in [6, 6.07) is 4.96. The van der Waals surface area contributed by atoms with Gasteiger partial charge in [0.2, 0.25) is 5.91 Å². The van der Waals surface area contributed by atoms with Crippen LogP contribution in [0.3, 0.4) is 0 Å². The van der Waals surface area contributed by atoms with Gasteiger partial charge in [0.05, 0.1) is 11.7 Å². The van der Waals surface area contributed by atoms with E-state index < -0.39 is 23.8 Å². The van der Waals surface area contributed by atoms with Gasteiger partial charge in [0, 0.05) is 26.1 Å². The number of nitrogens with zero attached hydrogens (tertiary/aromatic N) is 1. The van der Waals surface area contributed by atoms with Crippen molar-refractivity contribution in [2.75, 3.05) is 26.3 Å². The molecule has 0 radical (unpaired) electrons. The van der Waals surface area contributed by atoms with Gasteiger partial charge < -0.3 is 14.9 Å². The molecule has 2 unspecified atom stereocenters. The third-order valence-electron chi connectivity index (χ3n) is 5.11. The molecule has 1 aliphatic rings. The number of amides is 1. The normalized spacial score (nSPS) is 18.3. The monoisotopic (exact) mass is 446 g/mol. The van der Waals surface area contributed by atoms with Crippen molar-refractivity contribution < 1.29 is 37.7 Å². The van der Waals surface area contributed by atoms with Crippen molar-refractivity contribution in [2.24, 2.45) is 5.92 Å². The number of unbranched alkanes of at least 4 members (excludes halogenated alkanes) is 1. The van der Waals surface area contributed by atoms with Crippen LogP contribution < -0.4 is 5.43 Å². The number of hydrogen-bond acceptors (Lipinski definition) is 5. The summed E-state index contributed by atoms with van der Waals surface area (Å²) < 4.78 is 43.3. The maximum atomic E-state index is 12.8. The Morgan fingerprint density at radius 3 is 2.77 bits per heavy atom. The van der Waals surface area contributed by atoms with Crippen LogP contribution in [-0.4, -0.2) is 59.5 Å². The van der Waals surface area contributed by atoms with E-state index in [0.717, 1.165) is 12.1 Å². The molecule has 0 aromatic heterocycles. The van der Waals surface area contributed by atoms with Crippen LogP contribution in [0.2, 0.25) is 0 Å². The van der Waals surface area contributed by atoms with Crippen LogP contribution >= 0.6 is 0 Å². The fourth-order valence-electron chi connectivity index (χ4n) is 3.48. The summed E-state index contributed by atoms with van der Waals surface area (Å²) in [4.78, 5) is 22.6. The number of carboxylic acid groups (broad SMARTS) is 1. The number of aliphatic hydroxyl groups excluding tert-OH is 1. The number of hydrogen-bond donors (Lipinski definition) is 3. The van der Waals surface area contributed by atoms with Gasteiger partial charge in [0.1, 0.15) is 6.61 Å². The fourth-order valence-corrected chi connectivity index (χ4v) is 3.48. The van der Waals surface area contributed by atoms with Crippen molar-refractivity contribution in [3.8, 4) is 0 Å². The Balaban J connectivity index is 1.65. The van der Waals surface area contributed by atoms with Gasteiger partial charge in [-0.3, -0.25) is 9.80 Å². The SMILES string of the molecule is O=C(O)COCCCCN1NCC(CCC(O)Cc2cccc(C(F)(F)F)c2)CC1=O. The van der Waals surface area contributed by atoms with E-state index in [-0.39, 0.29) is 24.9 Å². The number of aliphatic hydroxyl groups is 1.